The Morgan fingerprint density at radius 1 is 1.11 bits per heavy atom. The molecule has 0 bridgehead atoms. The lowest BCUT2D eigenvalue weighted by atomic mass is 10.1. The van der Waals surface area contributed by atoms with E-state index < -0.39 is 23.5 Å². The molecule has 0 spiro atoms. The summed E-state index contributed by atoms with van der Waals surface area (Å²) in [6, 6.07) is 9.94. The number of imidazole rings is 1. The quantitative estimate of drug-likeness (QED) is 0.353. The van der Waals surface area contributed by atoms with Crippen molar-refractivity contribution in [1.82, 2.24) is 19.8 Å². The van der Waals surface area contributed by atoms with Crippen molar-refractivity contribution in [3.8, 4) is 5.69 Å². The van der Waals surface area contributed by atoms with E-state index in [1.54, 1.807) is 24.3 Å². The largest absolute Gasteiger partial charge is 0.393 e. The first-order valence-corrected chi connectivity index (χ1v) is 12.0. The first kappa shape index (κ1) is 26.3. The van der Waals surface area contributed by atoms with E-state index in [2.05, 4.69) is 20.5 Å². The van der Waals surface area contributed by atoms with Gasteiger partial charge in [0.05, 0.1) is 16.7 Å². The minimum absolute atomic E-state index is 0.00329. The highest BCUT2D eigenvalue weighted by atomic mass is 35.5. The number of carbonyl (C=O) groups excluding carboxylic acids is 3. The summed E-state index contributed by atoms with van der Waals surface area (Å²) in [7, 11) is 0. The first-order valence-electron chi connectivity index (χ1n) is 11.7. The van der Waals surface area contributed by atoms with E-state index in [0.29, 0.717) is 37.3 Å². The van der Waals surface area contributed by atoms with Gasteiger partial charge in [-0.3, -0.25) is 19.0 Å². The van der Waals surface area contributed by atoms with E-state index in [1.165, 1.54) is 17.0 Å². The van der Waals surface area contributed by atoms with Crippen molar-refractivity contribution in [2.45, 2.75) is 18.9 Å². The van der Waals surface area contributed by atoms with Gasteiger partial charge in [0.15, 0.2) is 5.69 Å². The number of benzene rings is 2. The number of primary amides is 1. The Kier molecular flexibility index (Phi) is 8.17. The van der Waals surface area contributed by atoms with Crippen LogP contribution in [-0.4, -0.2) is 69.6 Å². The summed E-state index contributed by atoms with van der Waals surface area (Å²) >= 11 is 5.96. The van der Waals surface area contributed by atoms with Crippen LogP contribution >= 0.6 is 11.6 Å². The van der Waals surface area contributed by atoms with E-state index in [9.17, 15) is 23.9 Å². The van der Waals surface area contributed by atoms with Crippen molar-refractivity contribution < 1.29 is 23.9 Å². The number of rotatable bonds is 8. The molecule has 37 heavy (non-hydrogen) atoms. The molecule has 0 saturated carbocycles. The summed E-state index contributed by atoms with van der Waals surface area (Å²) in [5.41, 5.74) is 6.34. The average molecular weight is 529 g/mol. The molecular formula is C25H26ClFN6O4. The minimum Gasteiger partial charge on any atom is -0.393 e. The molecule has 3 amide bonds. The van der Waals surface area contributed by atoms with Crippen molar-refractivity contribution in [3.05, 3.63) is 76.6 Å². The van der Waals surface area contributed by atoms with Crippen LogP contribution in [0.4, 0.5) is 10.1 Å². The molecule has 1 aliphatic heterocycles. The fourth-order valence-corrected chi connectivity index (χ4v) is 4.33. The van der Waals surface area contributed by atoms with Gasteiger partial charge in [0, 0.05) is 37.6 Å². The molecule has 0 radical (unpaired) electrons. The van der Waals surface area contributed by atoms with E-state index >= 15 is 0 Å². The molecule has 2 heterocycles. The number of nitrogens with two attached hydrogens (primary N) is 1. The monoisotopic (exact) mass is 528 g/mol. The highest BCUT2D eigenvalue weighted by Crippen LogP contribution is 2.21. The van der Waals surface area contributed by atoms with Gasteiger partial charge in [-0.2, -0.15) is 0 Å². The van der Waals surface area contributed by atoms with Gasteiger partial charge in [-0.15, -0.1) is 0 Å². The number of nitrogens with zero attached hydrogens (tertiary/aromatic N) is 3. The lowest BCUT2D eigenvalue weighted by Gasteiger charge is -2.29. The zero-order chi connectivity index (χ0) is 26.5. The second kappa shape index (κ2) is 11.5. The Morgan fingerprint density at radius 3 is 2.46 bits per heavy atom. The molecule has 2 aromatic carbocycles. The van der Waals surface area contributed by atoms with Gasteiger partial charge in [-0.1, -0.05) is 11.6 Å². The Balaban J connectivity index is 1.46. The molecule has 194 valence electrons. The second-order valence-corrected chi connectivity index (χ2v) is 9.04. The average Bonchev–Trinajstić information content (AvgIpc) is 3.31. The van der Waals surface area contributed by atoms with Crippen LogP contribution in [0.1, 0.15) is 44.2 Å². The molecule has 4 rings (SSSR count). The minimum atomic E-state index is -0.839. The SMILES string of the molecule is NC(=O)c1ncn(-c2ccc(NC(=O)c3ccc(F)cc3Cl)cc2)c1C(=O)NCCN1CCC(O)CC1. The van der Waals surface area contributed by atoms with Crippen LogP contribution < -0.4 is 16.4 Å². The lowest BCUT2D eigenvalue weighted by Crippen LogP contribution is -2.41. The molecule has 0 aliphatic carbocycles. The number of aliphatic hydroxyl groups is 1. The summed E-state index contributed by atoms with van der Waals surface area (Å²) in [4.78, 5) is 43.6. The lowest BCUT2D eigenvalue weighted by molar-refractivity contribution is 0.0802. The van der Waals surface area contributed by atoms with E-state index in [1.807, 2.05) is 0 Å². The van der Waals surface area contributed by atoms with Gasteiger partial charge in [0.2, 0.25) is 0 Å². The summed E-state index contributed by atoms with van der Waals surface area (Å²) in [6.07, 6.45) is 2.44. The summed E-state index contributed by atoms with van der Waals surface area (Å²) < 4.78 is 14.7. The highest BCUT2D eigenvalue weighted by Gasteiger charge is 2.24. The van der Waals surface area contributed by atoms with Crippen LogP contribution in [0.25, 0.3) is 5.69 Å². The van der Waals surface area contributed by atoms with E-state index in [4.69, 9.17) is 17.3 Å². The first-order chi connectivity index (χ1) is 17.7. The number of hydrogen-bond donors (Lipinski definition) is 4. The smallest absolute Gasteiger partial charge is 0.270 e. The van der Waals surface area contributed by atoms with Gasteiger partial charge < -0.3 is 26.4 Å². The van der Waals surface area contributed by atoms with Gasteiger partial charge in [0.25, 0.3) is 17.7 Å². The van der Waals surface area contributed by atoms with Crippen LogP contribution in [-0.2, 0) is 0 Å². The predicted octanol–water partition coefficient (Wildman–Crippen LogP) is 2.20. The molecule has 10 nitrogen and oxygen atoms in total. The van der Waals surface area contributed by atoms with Crippen molar-refractivity contribution >= 4 is 35.0 Å². The number of piperidine rings is 1. The molecule has 1 aliphatic rings. The fraction of sp³-hybridized carbons (Fsp3) is 0.280. The maximum Gasteiger partial charge on any atom is 0.270 e. The number of aliphatic hydroxyl groups excluding tert-OH is 1. The molecule has 0 atom stereocenters. The highest BCUT2D eigenvalue weighted by molar-refractivity contribution is 6.34. The number of halogens is 2. The third-order valence-corrected chi connectivity index (χ3v) is 6.38. The molecule has 1 saturated heterocycles. The Morgan fingerprint density at radius 2 is 1.81 bits per heavy atom. The molecule has 1 aromatic heterocycles. The van der Waals surface area contributed by atoms with Crippen LogP contribution in [0.3, 0.4) is 0 Å². The van der Waals surface area contributed by atoms with Gasteiger partial charge >= 0.3 is 0 Å². The van der Waals surface area contributed by atoms with Crippen LogP contribution in [0, 0.1) is 5.82 Å². The zero-order valence-corrected chi connectivity index (χ0v) is 20.5. The standard InChI is InChI=1S/C25H26ClFN6O4/c26-20-13-15(27)1-6-19(20)24(36)31-16-2-4-17(5-3-16)33-14-30-21(23(28)35)22(33)25(37)29-9-12-32-10-7-18(34)8-11-32/h1-6,13-14,18,34H,7-12H2,(H2,28,35)(H,29,37)(H,31,36). The number of nitrogens with one attached hydrogen (secondary N) is 2. The third kappa shape index (κ3) is 6.31. The summed E-state index contributed by atoms with van der Waals surface area (Å²) in [6.45, 7) is 2.44. The van der Waals surface area contributed by atoms with Crippen molar-refractivity contribution in [1.29, 1.82) is 0 Å². The van der Waals surface area contributed by atoms with Gasteiger partial charge in [-0.25, -0.2) is 9.37 Å². The Hall–Kier alpha value is -3.80. The number of amides is 3. The Bertz CT molecular complexity index is 1310. The van der Waals surface area contributed by atoms with E-state index in [-0.39, 0.29) is 28.1 Å². The zero-order valence-electron chi connectivity index (χ0n) is 19.8. The number of carbonyl (C=O) groups is 3. The second-order valence-electron chi connectivity index (χ2n) is 8.63. The fourth-order valence-electron chi connectivity index (χ4n) is 4.07. The molecule has 5 N–H and O–H groups in total. The van der Waals surface area contributed by atoms with Crippen molar-refractivity contribution in [2.24, 2.45) is 5.73 Å². The normalized spacial score (nSPS) is 14.4. The molecule has 3 aromatic rings. The number of likely N-dealkylation sites (tertiary alicyclic amines) is 1. The van der Waals surface area contributed by atoms with E-state index in [0.717, 1.165) is 25.2 Å². The van der Waals surface area contributed by atoms with Crippen LogP contribution in [0.5, 0.6) is 0 Å². The topological polar surface area (TPSA) is 143 Å². The number of hydrogen-bond acceptors (Lipinski definition) is 6. The molecule has 12 heteroatoms. The van der Waals surface area contributed by atoms with Gasteiger partial charge in [0.1, 0.15) is 17.8 Å². The maximum atomic E-state index is 13.3. The predicted molar refractivity (Wildman–Crippen MR) is 135 cm³/mol. The molecule has 1 fully saturated rings. The summed E-state index contributed by atoms with van der Waals surface area (Å²) in [5, 5.41) is 15.1. The van der Waals surface area contributed by atoms with Crippen molar-refractivity contribution in [2.75, 3.05) is 31.5 Å². The molecule has 0 unspecified atom stereocenters. The number of aromatic nitrogens is 2. The number of anilines is 1. The summed E-state index contributed by atoms with van der Waals surface area (Å²) in [5.74, 6) is -2.41. The van der Waals surface area contributed by atoms with Crippen molar-refractivity contribution in [3.63, 3.8) is 0 Å². The molecular weight excluding hydrogens is 503 g/mol. The van der Waals surface area contributed by atoms with Crippen LogP contribution in [0.2, 0.25) is 5.02 Å². The van der Waals surface area contributed by atoms with Gasteiger partial charge in [-0.05, 0) is 55.3 Å². The van der Waals surface area contributed by atoms with Crippen LogP contribution in [0.15, 0.2) is 48.8 Å². The maximum absolute atomic E-state index is 13.3. The third-order valence-electron chi connectivity index (χ3n) is 6.07. The Labute approximate surface area is 217 Å².